The molecule has 0 saturated carbocycles. The Hall–Kier alpha value is -1.04. The van der Waals surface area contributed by atoms with Crippen molar-refractivity contribution in [3.05, 3.63) is 47.6 Å². The third kappa shape index (κ3) is 2.55. The van der Waals surface area contributed by atoms with Crippen LogP contribution in [0.2, 0.25) is 0 Å². The Labute approximate surface area is 100 Å². The Bertz CT molecular complexity index is 375. The van der Waals surface area contributed by atoms with Crippen LogP contribution in [0.25, 0.3) is 0 Å². The summed E-state index contributed by atoms with van der Waals surface area (Å²) >= 11 is 0. The van der Waals surface area contributed by atoms with Gasteiger partial charge in [0.15, 0.2) is 0 Å². The summed E-state index contributed by atoms with van der Waals surface area (Å²) in [5.74, 6) is 0.594. The maximum Gasteiger partial charge on any atom is -0.00951 e. The van der Waals surface area contributed by atoms with Crippen LogP contribution in [0, 0.1) is 11.3 Å². The van der Waals surface area contributed by atoms with Gasteiger partial charge in [-0.2, -0.15) is 0 Å². The predicted molar refractivity (Wildman–Crippen MR) is 73.4 cm³/mol. The molecule has 1 atom stereocenters. The van der Waals surface area contributed by atoms with Gasteiger partial charge in [-0.15, -0.1) is 0 Å². The van der Waals surface area contributed by atoms with Gasteiger partial charge in [0.25, 0.3) is 0 Å². The largest absolute Gasteiger partial charge is 0.0961 e. The van der Waals surface area contributed by atoms with Crippen LogP contribution in [0.1, 0.15) is 41.0 Å². The molecule has 0 N–H and O–H groups in total. The summed E-state index contributed by atoms with van der Waals surface area (Å²) in [6.07, 6.45) is 5.50. The molecule has 0 fully saturated rings. The summed E-state index contributed by atoms with van der Waals surface area (Å²) in [7, 11) is 0. The van der Waals surface area contributed by atoms with Crippen molar-refractivity contribution in [2.75, 3.05) is 0 Å². The maximum atomic E-state index is 4.20. The summed E-state index contributed by atoms with van der Waals surface area (Å²) in [5.41, 5.74) is 5.41. The van der Waals surface area contributed by atoms with E-state index < -0.39 is 0 Å². The second-order valence-corrected chi connectivity index (χ2v) is 5.73. The van der Waals surface area contributed by atoms with Gasteiger partial charge >= 0.3 is 0 Å². The molecule has 0 saturated heterocycles. The highest BCUT2D eigenvalue weighted by Gasteiger charge is 2.32. The number of allylic oxidation sites excluding steroid dienone is 6. The lowest BCUT2D eigenvalue weighted by Gasteiger charge is -2.38. The molecule has 1 unspecified atom stereocenters. The topological polar surface area (TPSA) is 0 Å². The molecule has 0 aromatic heterocycles. The quantitative estimate of drug-likeness (QED) is 0.566. The van der Waals surface area contributed by atoms with Crippen molar-refractivity contribution in [3.63, 3.8) is 0 Å². The minimum absolute atomic E-state index is 0.247. The van der Waals surface area contributed by atoms with Crippen LogP contribution in [0.15, 0.2) is 47.6 Å². The van der Waals surface area contributed by atoms with Gasteiger partial charge in [0, 0.05) is 0 Å². The van der Waals surface area contributed by atoms with Crippen LogP contribution in [-0.4, -0.2) is 0 Å². The first-order valence-corrected chi connectivity index (χ1v) is 6.00. The van der Waals surface area contributed by atoms with Crippen LogP contribution in [-0.2, 0) is 0 Å². The summed E-state index contributed by atoms with van der Waals surface area (Å²) in [6, 6.07) is 0. The highest BCUT2D eigenvalue weighted by Crippen LogP contribution is 2.45. The summed E-state index contributed by atoms with van der Waals surface area (Å²) in [5, 5.41) is 0. The predicted octanol–water partition coefficient (Wildman–Crippen LogP) is 5.06. The molecule has 0 radical (unpaired) electrons. The first-order valence-electron chi connectivity index (χ1n) is 6.00. The van der Waals surface area contributed by atoms with Gasteiger partial charge in [-0.1, -0.05) is 51.7 Å². The zero-order valence-electron chi connectivity index (χ0n) is 11.4. The molecule has 0 nitrogen and oxygen atoms in total. The fourth-order valence-corrected chi connectivity index (χ4v) is 2.62. The van der Waals surface area contributed by atoms with Crippen molar-refractivity contribution in [3.8, 4) is 0 Å². The minimum atomic E-state index is 0.247. The first-order chi connectivity index (χ1) is 7.25. The zero-order chi connectivity index (χ0) is 12.5. The van der Waals surface area contributed by atoms with E-state index in [1.807, 2.05) is 6.92 Å². The zero-order valence-corrected chi connectivity index (χ0v) is 11.4. The Morgan fingerprint density at radius 3 is 2.50 bits per heavy atom. The van der Waals surface area contributed by atoms with E-state index in [0.29, 0.717) is 5.92 Å². The molecule has 0 bridgehead atoms. The molecule has 16 heavy (non-hydrogen) atoms. The fraction of sp³-hybridized carbons (Fsp3) is 0.500. The molecule has 0 aromatic carbocycles. The standard InChI is InChI=1S/C16H24/c1-11(2)8-9-15-14(5)13(4)12(3)10-16(15,6)7/h8-9,12H,1,4,10H2,2-3,5-7H3/b9-8+. The molecule has 1 rings (SSSR count). The Morgan fingerprint density at radius 1 is 1.44 bits per heavy atom. The SMILES string of the molecule is C=C(C)/C=C/C1=C(C)C(=C)C(C)CC1(C)C. The summed E-state index contributed by atoms with van der Waals surface area (Å²) in [6.45, 7) is 19.2. The molecule has 1 aliphatic carbocycles. The van der Waals surface area contributed by atoms with Gasteiger partial charge in [0.2, 0.25) is 0 Å². The monoisotopic (exact) mass is 216 g/mol. The Balaban J connectivity index is 3.19. The molecule has 0 heteroatoms. The lowest BCUT2D eigenvalue weighted by atomic mass is 9.67. The lowest BCUT2D eigenvalue weighted by Crippen LogP contribution is -2.25. The average Bonchev–Trinajstić information content (AvgIpc) is 2.12. The second kappa shape index (κ2) is 4.45. The molecule has 0 heterocycles. The fourth-order valence-electron chi connectivity index (χ4n) is 2.62. The molecule has 0 spiro atoms. The molecule has 1 aliphatic rings. The molecule has 0 aromatic rings. The van der Waals surface area contributed by atoms with Crippen molar-refractivity contribution >= 4 is 0 Å². The van der Waals surface area contributed by atoms with Gasteiger partial charge in [-0.25, -0.2) is 0 Å². The van der Waals surface area contributed by atoms with E-state index in [1.54, 1.807) is 0 Å². The van der Waals surface area contributed by atoms with E-state index in [0.717, 1.165) is 5.57 Å². The average molecular weight is 216 g/mol. The smallest absolute Gasteiger partial charge is 0.00951 e. The second-order valence-electron chi connectivity index (χ2n) is 5.73. The van der Waals surface area contributed by atoms with Crippen molar-refractivity contribution in [1.82, 2.24) is 0 Å². The number of hydrogen-bond acceptors (Lipinski definition) is 0. The molecular weight excluding hydrogens is 192 g/mol. The van der Waals surface area contributed by atoms with E-state index >= 15 is 0 Å². The van der Waals surface area contributed by atoms with Crippen molar-refractivity contribution < 1.29 is 0 Å². The van der Waals surface area contributed by atoms with Gasteiger partial charge < -0.3 is 0 Å². The molecule has 0 aliphatic heterocycles. The van der Waals surface area contributed by atoms with E-state index in [-0.39, 0.29) is 5.41 Å². The lowest BCUT2D eigenvalue weighted by molar-refractivity contribution is 0.344. The van der Waals surface area contributed by atoms with Crippen molar-refractivity contribution in [1.29, 1.82) is 0 Å². The molecule has 88 valence electrons. The van der Waals surface area contributed by atoms with Gasteiger partial charge in [0.05, 0.1) is 0 Å². The minimum Gasteiger partial charge on any atom is -0.0961 e. The number of hydrogen-bond donors (Lipinski definition) is 0. The van der Waals surface area contributed by atoms with Crippen LogP contribution < -0.4 is 0 Å². The van der Waals surface area contributed by atoms with Crippen LogP contribution in [0.3, 0.4) is 0 Å². The van der Waals surface area contributed by atoms with Gasteiger partial charge in [-0.05, 0) is 48.3 Å². The Kier molecular flexibility index (Phi) is 3.62. The first kappa shape index (κ1) is 13.0. The Morgan fingerprint density at radius 2 is 2.00 bits per heavy atom. The third-order valence-corrected chi connectivity index (χ3v) is 3.56. The molecular formula is C16H24. The highest BCUT2D eigenvalue weighted by atomic mass is 14.4. The number of rotatable bonds is 2. The normalized spacial score (nSPS) is 25.3. The molecule has 0 amide bonds. The maximum absolute atomic E-state index is 4.20. The summed E-state index contributed by atoms with van der Waals surface area (Å²) < 4.78 is 0. The van der Waals surface area contributed by atoms with Crippen molar-refractivity contribution in [2.24, 2.45) is 11.3 Å². The van der Waals surface area contributed by atoms with Crippen LogP contribution in [0.5, 0.6) is 0 Å². The van der Waals surface area contributed by atoms with E-state index in [9.17, 15) is 0 Å². The van der Waals surface area contributed by atoms with E-state index in [4.69, 9.17) is 0 Å². The van der Waals surface area contributed by atoms with Gasteiger partial charge in [-0.3, -0.25) is 0 Å². The van der Waals surface area contributed by atoms with Gasteiger partial charge in [0.1, 0.15) is 0 Å². The third-order valence-electron chi connectivity index (χ3n) is 3.56. The van der Waals surface area contributed by atoms with Crippen LogP contribution >= 0.6 is 0 Å². The van der Waals surface area contributed by atoms with Crippen LogP contribution in [0.4, 0.5) is 0 Å². The van der Waals surface area contributed by atoms with E-state index in [2.05, 4.69) is 53.0 Å². The summed E-state index contributed by atoms with van der Waals surface area (Å²) in [4.78, 5) is 0. The highest BCUT2D eigenvalue weighted by molar-refractivity contribution is 5.45. The van der Waals surface area contributed by atoms with E-state index in [1.165, 1.54) is 23.1 Å². The van der Waals surface area contributed by atoms with Crippen molar-refractivity contribution in [2.45, 2.75) is 41.0 Å².